The van der Waals surface area contributed by atoms with E-state index in [1.54, 1.807) is 19.3 Å². The minimum atomic E-state index is 0.297. The zero-order chi connectivity index (χ0) is 13.5. The van der Waals surface area contributed by atoms with E-state index in [0.29, 0.717) is 5.78 Å². The summed E-state index contributed by atoms with van der Waals surface area (Å²) >= 11 is 0. The largest absolute Gasteiger partial charge is 0.338 e. The van der Waals surface area contributed by atoms with Gasteiger partial charge in [0.15, 0.2) is 0 Å². The summed E-state index contributed by atoms with van der Waals surface area (Å²) in [6.07, 6.45) is 6.42. The maximum atomic E-state index is 10.9. The summed E-state index contributed by atoms with van der Waals surface area (Å²) in [4.78, 5) is 24.1. The van der Waals surface area contributed by atoms with Gasteiger partial charge >= 0.3 is 0 Å². The summed E-state index contributed by atoms with van der Waals surface area (Å²) in [5, 5.41) is 0. The van der Waals surface area contributed by atoms with E-state index < -0.39 is 0 Å². The highest BCUT2D eigenvalue weighted by Crippen LogP contribution is 2.10. The van der Waals surface area contributed by atoms with Crippen molar-refractivity contribution in [1.82, 2.24) is 14.9 Å². The van der Waals surface area contributed by atoms with Gasteiger partial charge in [-0.05, 0) is 32.4 Å². The fourth-order valence-electron chi connectivity index (χ4n) is 2.34. The first kappa shape index (κ1) is 13.9. The SMILES string of the molecule is CC(=O)CCCCN1CCN(c2ncccn2)CC1. The number of unbranched alkanes of at least 4 members (excludes halogenated alkanes) is 1. The van der Waals surface area contributed by atoms with Crippen LogP contribution in [0.2, 0.25) is 0 Å². The predicted molar refractivity (Wildman–Crippen MR) is 75.2 cm³/mol. The highest BCUT2D eigenvalue weighted by Gasteiger charge is 2.17. The van der Waals surface area contributed by atoms with Crippen LogP contribution < -0.4 is 4.90 Å². The van der Waals surface area contributed by atoms with Gasteiger partial charge in [-0.2, -0.15) is 0 Å². The fourth-order valence-corrected chi connectivity index (χ4v) is 2.34. The van der Waals surface area contributed by atoms with Gasteiger partial charge in [-0.25, -0.2) is 9.97 Å². The van der Waals surface area contributed by atoms with Crippen LogP contribution in [0.15, 0.2) is 18.5 Å². The number of nitrogens with zero attached hydrogens (tertiary/aromatic N) is 4. The summed E-state index contributed by atoms with van der Waals surface area (Å²) in [6.45, 7) is 6.83. The van der Waals surface area contributed by atoms with E-state index in [0.717, 1.165) is 57.9 Å². The van der Waals surface area contributed by atoms with Crippen molar-refractivity contribution in [2.45, 2.75) is 26.2 Å². The molecule has 1 fully saturated rings. The number of anilines is 1. The molecule has 0 amide bonds. The summed E-state index contributed by atoms with van der Waals surface area (Å²) in [7, 11) is 0. The molecule has 0 N–H and O–H groups in total. The first-order chi connectivity index (χ1) is 9.25. The quantitative estimate of drug-likeness (QED) is 0.724. The van der Waals surface area contributed by atoms with Crippen LogP contribution in [-0.2, 0) is 4.79 Å². The molecule has 1 aromatic rings. The Balaban J connectivity index is 1.67. The Hall–Kier alpha value is -1.49. The molecule has 5 heteroatoms. The summed E-state index contributed by atoms with van der Waals surface area (Å²) in [6, 6.07) is 1.84. The minimum Gasteiger partial charge on any atom is -0.338 e. The van der Waals surface area contributed by atoms with Gasteiger partial charge in [-0.15, -0.1) is 0 Å². The van der Waals surface area contributed by atoms with Crippen molar-refractivity contribution in [2.24, 2.45) is 0 Å². The van der Waals surface area contributed by atoms with E-state index in [1.165, 1.54) is 0 Å². The molecule has 0 radical (unpaired) electrons. The Morgan fingerprint density at radius 1 is 1.16 bits per heavy atom. The molecule has 0 unspecified atom stereocenters. The Morgan fingerprint density at radius 3 is 2.47 bits per heavy atom. The summed E-state index contributed by atoms with van der Waals surface area (Å²) < 4.78 is 0. The lowest BCUT2D eigenvalue weighted by molar-refractivity contribution is -0.117. The second kappa shape index (κ2) is 7.19. The lowest BCUT2D eigenvalue weighted by Crippen LogP contribution is -2.47. The smallest absolute Gasteiger partial charge is 0.225 e. The molecule has 2 rings (SSSR count). The van der Waals surface area contributed by atoms with Crippen LogP contribution in [-0.4, -0.2) is 53.4 Å². The van der Waals surface area contributed by atoms with Crippen LogP contribution in [0.4, 0.5) is 5.95 Å². The zero-order valence-electron chi connectivity index (χ0n) is 11.6. The van der Waals surface area contributed by atoms with Crippen molar-refractivity contribution in [3.8, 4) is 0 Å². The molecule has 104 valence electrons. The van der Waals surface area contributed by atoms with Gasteiger partial charge in [0.2, 0.25) is 5.95 Å². The third kappa shape index (κ3) is 4.59. The van der Waals surface area contributed by atoms with E-state index in [1.807, 2.05) is 6.07 Å². The maximum Gasteiger partial charge on any atom is 0.225 e. The fraction of sp³-hybridized carbons (Fsp3) is 0.643. The monoisotopic (exact) mass is 262 g/mol. The molecule has 19 heavy (non-hydrogen) atoms. The molecule has 0 saturated carbocycles. The normalized spacial score (nSPS) is 16.6. The Labute approximate surface area is 114 Å². The summed E-state index contributed by atoms with van der Waals surface area (Å²) in [5.74, 6) is 1.13. The average molecular weight is 262 g/mol. The van der Waals surface area contributed by atoms with Crippen molar-refractivity contribution < 1.29 is 4.79 Å². The van der Waals surface area contributed by atoms with Crippen LogP contribution in [0.25, 0.3) is 0 Å². The Bertz CT molecular complexity index is 388. The van der Waals surface area contributed by atoms with Crippen molar-refractivity contribution in [3.63, 3.8) is 0 Å². The van der Waals surface area contributed by atoms with Crippen LogP contribution in [0, 0.1) is 0 Å². The number of ketones is 1. The first-order valence-electron chi connectivity index (χ1n) is 6.99. The molecule has 1 saturated heterocycles. The van der Waals surface area contributed by atoms with Crippen LogP contribution in [0.3, 0.4) is 0 Å². The average Bonchev–Trinajstić information content (AvgIpc) is 2.45. The number of Topliss-reactive ketones (excluding diaryl/α,β-unsaturated/α-hetero) is 1. The number of carbonyl (C=O) groups excluding carboxylic acids is 1. The number of hydrogen-bond acceptors (Lipinski definition) is 5. The van der Waals surface area contributed by atoms with Gasteiger partial charge in [0.1, 0.15) is 5.78 Å². The standard InChI is InChI=1S/C14H22N4O/c1-13(19)5-2-3-8-17-9-11-18(12-10-17)14-15-6-4-7-16-14/h4,6-7H,2-3,5,8-12H2,1H3. The molecule has 0 spiro atoms. The third-order valence-corrected chi connectivity index (χ3v) is 3.46. The second-order valence-corrected chi connectivity index (χ2v) is 5.04. The van der Waals surface area contributed by atoms with E-state index in [9.17, 15) is 4.79 Å². The number of piperazine rings is 1. The van der Waals surface area contributed by atoms with Crippen molar-refractivity contribution in [3.05, 3.63) is 18.5 Å². The molecule has 0 aromatic carbocycles. The van der Waals surface area contributed by atoms with Gasteiger partial charge in [-0.3, -0.25) is 4.90 Å². The molecular formula is C14H22N4O. The molecular weight excluding hydrogens is 240 g/mol. The molecule has 0 atom stereocenters. The number of aromatic nitrogens is 2. The van der Waals surface area contributed by atoms with Crippen LogP contribution >= 0.6 is 0 Å². The van der Waals surface area contributed by atoms with Gasteiger partial charge in [-0.1, -0.05) is 0 Å². The van der Waals surface area contributed by atoms with Crippen molar-refractivity contribution >= 4 is 11.7 Å². The predicted octanol–water partition coefficient (Wildman–Crippen LogP) is 1.36. The zero-order valence-corrected chi connectivity index (χ0v) is 11.6. The van der Waals surface area contributed by atoms with E-state index >= 15 is 0 Å². The molecule has 1 aromatic heterocycles. The molecule has 1 aliphatic rings. The minimum absolute atomic E-state index is 0.297. The Kier molecular flexibility index (Phi) is 5.27. The number of rotatable bonds is 6. The van der Waals surface area contributed by atoms with Crippen molar-refractivity contribution in [1.29, 1.82) is 0 Å². The molecule has 0 bridgehead atoms. The summed E-state index contributed by atoms with van der Waals surface area (Å²) in [5.41, 5.74) is 0. The van der Waals surface area contributed by atoms with Crippen molar-refractivity contribution in [2.75, 3.05) is 37.6 Å². The molecule has 5 nitrogen and oxygen atoms in total. The maximum absolute atomic E-state index is 10.9. The van der Waals surface area contributed by atoms with Crippen LogP contribution in [0.1, 0.15) is 26.2 Å². The van der Waals surface area contributed by atoms with Gasteiger partial charge in [0.05, 0.1) is 0 Å². The molecule has 1 aliphatic heterocycles. The highest BCUT2D eigenvalue weighted by atomic mass is 16.1. The van der Waals surface area contributed by atoms with Gasteiger partial charge in [0.25, 0.3) is 0 Å². The van der Waals surface area contributed by atoms with Gasteiger partial charge < -0.3 is 9.69 Å². The highest BCUT2D eigenvalue weighted by molar-refractivity contribution is 5.75. The molecule has 2 heterocycles. The second-order valence-electron chi connectivity index (χ2n) is 5.04. The lowest BCUT2D eigenvalue weighted by atomic mass is 10.2. The lowest BCUT2D eigenvalue weighted by Gasteiger charge is -2.34. The number of carbonyl (C=O) groups is 1. The first-order valence-corrected chi connectivity index (χ1v) is 6.99. The van der Waals surface area contributed by atoms with E-state index in [2.05, 4.69) is 19.8 Å². The van der Waals surface area contributed by atoms with Crippen LogP contribution in [0.5, 0.6) is 0 Å². The third-order valence-electron chi connectivity index (χ3n) is 3.46. The molecule has 0 aliphatic carbocycles. The Morgan fingerprint density at radius 2 is 1.84 bits per heavy atom. The topological polar surface area (TPSA) is 49.3 Å². The number of hydrogen-bond donors (Lipinski definition) is 0. The van der Waals surface area contributed by atoms with E-state index in [-0.39, 0.29) is 0 Å². The van der Waals surface area contributed by atoms with Gasteiger partial charge in [0, 0.05) is 45.0 Å². The van der Waals surface area contributed by atoms with E-state index in [4.69, 9.17) is 0 Å².